The van der Waals surface area contributed by atoms with E-state index in [1.54, 1.807) is 24.5 Å². The van der Waals surface area contributed by atoms with Crippen LogP contribution in [0.15, 0.2) is 73.1 Å². The van der Waals surface area contributed by atoms with E-state index in [9.17, 15) is 9.18 Å². The molecule has 3 aliphatic rings. The third-order valence-corrected chi connectivity index (χ3v) is 6.91. The number of halogens is 1. The summed E-state index contributed by atoms with van der Waals surface area (Å²) in [4.78, 5) is 21.1. The number of aromatic amines is 1. The second kappa shape index (κ2) is 10.5. The number of para-hydroxylation sites is 1. The number of benzene rings is 2. The fourth-order valence-electron chi connectivity index (χ4n) is 4.96. The topological polar surface area (TPSA) is 97.5 Å². The molecule has 2 aromatic heterocycles. The normalized spacial score (nSPS) is 17.2. The Bertz CT molecular complexity index is 1550. The molecule has 1 unspecified atom stereocenters. The van der Waals surface area contributed by atoms with Crippen molar-refractivity contribution in [3.8, 4) is 28.5 Å². The number of hydrogen-bond acceptors (Lipinski definition) is 6. The summed E-state index contributed by atoms with van der Waals surface area (Å²) in [6, 6.07) is 14.2. The number of anilines is 2. The van der Waals surface area contributed by atoms with E-state index >= 15 is 0 Å². The van der Waals surface area contributed by atoms with Crippen LogP contribution in [0.2, 0.25) is 0 Å². The van der Waals surface area contributed by atoms with Gasteiger partial charge >= 0.3 is 0 Å². The van der Waals surface area contributed by atoms with Gasteiger partial charge in [-0.05, 0) is 42.3 Å². The maximum atomic E-state index is 14.6. The lowest BCUT2D eigenvalue weighted by Gasteiger charge is -2.23. The third kappa shape index (κ3) is 4.79. The van der Waals surface area contributed by atoms with Gasteiger partial charge in [0, 0.05) is 29.9 Å². The van der Waals surface area contributed by atoms with Crippen LogP contribution >= 0.6 is 0 Å². The van der Waals surface area contributed by atoms with Crippen molar-refractivity contribution in [2.75, 3.05) is 25.6 Å². The predicted molar refractivity (Wildman–Crippen MR) is 145 cm³/mol. The standard InChI is InChI=1S/C30H27FN4O4/c1-37-29-22(31)6-4-7-23(29)34-28-25-26-19(15-33-30(25)36)5-2-3-14-38-20-10-8-18(9-11-20)17-39-24-16-32-13-12-21(24)27(28)35-26/h2-4,6-13,16,19,34-35H,5,14-15,17H2,1H3,(H,33,36)/b3-2-. The molecular weight excluding hydrogens is 499 g/mol. The van der Waals surface area contributed by atoms with Gasteiger partial charge in [0.25, 0.3) is 5.91 Å². The van der Waals surface area contributed by atoms with E-state index in [4.69, 9.17) is 14.2 Å². The molecule has 4 aromatic rings. The fourth-order valence-corrected chi connectivity index (χ4v) is 4.96. The van der Waals surface area contributed by atoms with E-state index in [1.165, 1.54) is 13.2 Å². The van der Waals surface area contributed by atoms with Gasteiger partial charge in [-0.1, -0.05) is 30.4 Å². The van der Waals surface area contributed by atoms with Gasteiger partial charge < -0.3 is 29.8 Å². The van der Waals surface area contributed by atoms with Crippen molar-refractivity contribution in [3.05, 3.63) is 95.7 Å². The first-order valence-corrected chi connectivity index (χ1v) is 12.7. The zero-order valence-electron chi connectivity index (χ0n) is 21.3. The summed E-state index contributed by atoms with van der Waals surface area (Å²) in [5.74, 6) is 0.616. The predicted octanol–water partition coefficient (Wildman–Crippen LogP) is 5.71. The second-order valence-corrected chi connectivity index (χ2v) is 9.34. The minimum absolute atomic E-state index is 0.0154. The Morgan fingerprint density at radius 3 is 2.82 bits per heavy atom. The second-order valence-electron chi connectivity index (χ2n) is 9.34. The number of allylic oxidation sites excluding steroid dienone is 1. The van der Waals surface area contributed by atoms with Crippen molar-refractivity contribution < 1.29 is 23.4 Å². The highest BCUT2D eigenvalue weighted by atomic mass is 19.1. The lowest BCUT2D eigenvalue weighted by Crippen LogP contribution is -2.34. The van der Waals surface area contributed by atoms with Gasteiger partial charge in [-0.2, -0.15) is 0 Å². The number of aromatic nitrogens is 2. The van der Waals surface area contributed by atoms with E-state index in [1.807, 2.05) is 36.4 Å². The van der Waals surface area contributed by atoms with Crippen LogP contribution in [0.4, 0.5) is 15.8 Å². The number of ether oxygens (including phenoxy) is 3. The molecule has 0 fully saturated rings. The number of rotatable bonds is 3. The molecule has 4 bridgehead atoms. The molecule has 1 amide bonds. The highest BCUT2D eigenvalue weighted by molar-refractivity contribution is 6.07. The van der Waals surface area contributed by atoms with Crippen molar-refractivity contribution in [1.29, 1.82) is 0 Å². The van der Waals surface area contributed by atoms with E-state index < -0.39 is 5.82 Å². The number of carbonyl (C=O) groups is 1. The molecule has 2 aromatic carbocycles. The zero-order chi connectivity index (χ0) is 26.8. The molecule has 39 heavy (non-hydrogen) atoms. The van der Waals surface area contributed by atoms with Crippen molar-refractivity contribution in [2.45, 2.75) is 18.9 Å². The SMILES string of the molecule is COc1c(F)cccc1Nc1c2[nH]c3c1C(=O)NCC3C/C=C\COc1ccc(cc1)COc1cnccc1-2. The van der Waals surface area contributed by atoms with E-state index in [-0.39, 0.29) is 17.6 Å². The van der Waals surface area contributed by atoms with Gasteiger partial charge in [-0.15, -0.1) is 0 Å². The number of amides is 1. The smallest absolute Gasteiger partial charge is 0.255 e. The lowest BCUT2D eigenvalue weighted by atomic mass is 9.93. The Hall–Kier alpha value is -4.79. The van der Waals surface area contributed by atoms with Gasteiger partial charge in [-0.25, -0.2) is 4.39 Å². The van der Waals surface area contributed by atoms with Gasteiger partial charge in [0.1, 0.15) is 24.7 Å². The molecule has 0 radical (unpaired) electrons. The Labute approximate surface area is 224 Å². The minimum Gasteiger partial charge on any atom is -0.492 e. The Morgan fingerprint density at radius 2 is 1.97 bits per heavy atom. The average molecular weight is 527 g/mol. The van der Waals surface area contributed by atoms with Crippen LogP contribution in [0.25, 0.3) is 11.3 Å². The molecule has 0 aliphatic carbocycles. The van der Waals surface area contributed by atoms with Gasteiger partial charge in [0.05, 0.1) is 35.9 Å². The van der Waals surface area contributed by atoms with Crippen molar-refractivity contribution in [3.63, 3.8) is 0 Å². The van der Waals surface area contributed by atoms with Crippen molar-refractivity contribution in [2.24, 2.45) is 0 Å². The molecule has 0 saturated carbocycles. The minimum atomic E-state index is -0.511. The largest absolute Gasteiger partial charge is 0.492 e. The van der Waals surface area contributed by atoms with E-state index in [0.29, 0.717) is 60.1 Å². The molecule has 1 atom stereocenters. The zero-order valence-corrected chi connectivity index (χ0v) is 21.3. The number of fused-ring (bicyclic) bond motifs is 6. The maximum absolute atomic E-state index is 14.6. The van der Waals surface area contributed by atoms with Crippen LogP contribution in [-0.2, 0) is 6.61 Å². The number of nitrogens with zero attached hydrogens (tertiary/aromatic N) is 1. The molecule has 3 aliphatic heterocycles. The summed E-state index contributed by atoms with van der Waals surface area (Å²) in [5, 5.41) is 6.31. The average Bonchev–Trinajstić information content (AvgIpc) is 3.33. The van der Waals surface area contributed by atoms with Gasteiger partial charge in [0.15, 0.2) is 11.6 Å². The van der Waals surface area contributed by atoms with Crippen LogP contribution in [0.5, 0.6) is 17.2 Å². The molecule has 0 saturated heterocycles. The first-order chi connectivity index (χ1) is 19.1. The highest BCUT2D eigenvalue weighted by Gasteiger charge is 2.33. The van der Waals surface area contributed by atoms with Gasteiger partial charge in [0.2, 0.25) is 0 Å². The molecule has 0 spiro atoms. The summed E-state index contributed by atoms with van der Waals surface area (Å²) in [6.45, 7) is 1.21. The Morgan fingerprint density at radius 1 is 1.10 bits per heavy atom. The molecule has 8 nitrogen and oxygen atoms in total. The summed E-state index contributed by atoms with van der Waals surface area (Å²) < 4.78 is 32.0. The Kier molecular flexibility index (Phi) is 6.62. The lowest BCUT2D eigenvalue weighted by molar-refractivity contribution is 0.0941. The van der Waals surface area contributed by atoms with Crippen LogP contribution < -0.4 is 24.8 Å². The fraction of sp³-hybridized carbons (Fsp3) is 0.200. The number of hydrogen-bond donors (Lipinski definition) is 3. The first kappa shape index (κ1) is 24.5. The monoisotopic (exact) mass is 526 g/mol. The molecule has 198 valence electrons. The molecule has 3 N–H and O–H groups in total. The molecule has 5 heterocycles. The highest BCUT2D eigenvalue weighted by Crippen LogP contribution is 2.44. The number of pyridine rings is 1. The molecular formula is C30H27FN4O4. The summed E-state index contributed by atoms with van der Waals surface area (Å²) in [6.07, 6.45) is 8.03. The number of nitrogens with one attached hydrogen (secondary N) is 3. The van der Waals surface area contributed by atoms with E-state index in [0.717, 1.165) is 17.0 Å². The summed E-state index contributed by atoms with van der Waals surface area (Å²) in [7, 11) is 1.41. The van der Waals surface area contributed by atoms with Crippen molar-refractivity contribution in [1.82, 2.24) is 15.3 Å². The number of methoxy groups -OCH3 is 1. The number of H-pyrrole nitrogens is 1. The maximum Gasteiger partial charge on any atom is 0.255 e. The van der Waals surface area contributed by atoms with Crippen LogP contribution in [0.1, 0.15) is 34.0 Å². The van der Waals surface area contributed by atoms with Crippen molar-refractivity contribution >= 4 is 17.3 Å². The van der Waals surface area contributed by atoms with Gasteiger partial charge in [-0.3, -0.25) is 9.78 Å². The molecule has 9 heteroatoms. The van der Waals surface area contributed by atoms with Crippen LogP contribution in [0, 0.1) is 5.82 Å². The Balaban J connectivity index is 1.52. The molecule has 7 rings (SSSR count). The van der Waals surface area contributed by atoms with Crippen LogP contribution in [-0.4, -0.2) is 36.1 Å². The van der Waals surface area contributed by atoms with E-state index in [2.05, 4.69) is 26.7 Å². The quantitative estimate of drug-likeness (QED) is 0.296. The third-order valence-electron chi connectivity index (χ3n) is 6.91. The first-order valence-electron chi connectivity index (χ1n) is 12.7. The van der Waals surface area contributed by atoms with Crippen LogP contribution in [0.3, 0.4) is 0 Å². The number of carbonyl (C=O) groups excluding carboxylic acids is 1. The summed E-state index contributed by atoms with van der Waals surface area (Å²) in [5.41, 5.74) is 4.47. The summed E-state index contributed by atoms with van der Waals surface area (Å²) >= 11 is 0.